The van der Waals surface area contributed by atoms with Crippen LogP contribution in [0.15, 0.2) is 48.5 Å². The molecule has 0 aromatic heterocycles. The molecule has 1 N–H and O–H groups in total. The van der Waals surface area contributed by atoms with Gasteiger partial charge in [-0.3, -0.25) is 0 Å². The van der Waals surface area contributed by atoms with Crippen molar-refractivity contribution in [2.24, 2.45) is 0 Å². The maximum atomic E-state index is 3.42. The van der Waals surface area contributed by atoms with E-state index < -0.39 is 0 Å². The molecule has 2 aromatic carbocycles. The van der Waals surface area contributed by atoms with E-state index in [0.717, 1.165) is 6.42 Å². The molecule has 106 valence electrons. The molecule has 2 heteroatoms. The third-order valence-electron chi connectivity index (χ3n) is 3.72. The largest absolute Gasteiger partial charge is 0.378 e. The van der Waals surface area contributed by atoms with Crippen molar-refractivity contribution >= 4 is 5.69 Å². The molecule has 1 unspecified atom stereocenters. The Bertz CT molecular complexity index is 544. The van der Waals surface area contributed by atoms with Gasteiger partial charge in [-0.05, 0) is 42.3 Å². The Labute approximate surface area is 122 Å². The molecular weight excluding hydrogens is 244 g/mol. The summed E-state index contributed by atoms with van der Waals surface area (Å²) < 4.78 is 0. The molecule has 0 aliphatic carbocycles. The van der Waals surface area contributed by atoms with Crippen LogP contribution < -0.4 is 10.2 Å². The predicted octanol–water partition coefficient (Wildman–Crippen LogP) is 3.62. The Morgan fingerprint density at radius 1 is 1.00 bits per heavy atom. The fourth-order valence-corrected chi connectivity index (χ4v) is 2.48. The van der Waals surface area contributed by atoms with E-state index in [1.54, 1.807) is 0 Å². The highest BCUT2D eigenvalue weighted by atomic mass is 15.1. The van der Waals surface area contributed by atoms with Crippen LogP contribution in [0.4, 0.5) is 5.69 Å². The van der Waals surface area contributed by atoms with Crippen LogP contribution in [0.25, 0.3) is 0 Å². The normalized spacial score (nSPS) is 12.2. The minimum absolute atomic E-state index is 0.248. The third-order valence-corrected chi connectivity index (χ3v) is 3.72. The lowest BCUT2D eigenvalue weighted by Gasteiger charge is -2.19. The molecule has 0 heterocycles. The molecule has 2 rings (SSSR count). The van der Waals surface area contributed by atoms with Crippen molar-refractivity contribution in [3.8, 4) is 0 Å². The lowest BCUT2D eigenvalue weighted by atomic mass is 9.96. The van der Waals surface area contributed by atoms with E-state index in [4.69, 9.17) is 0 Å². The summed E-state index contributed by atoms with van der Waals surface area (Å²) in [5.74, 6) is 0. The monoisotopic (exact) mass is 268 g/mol. The van der Waals surface area contributed by atoms with Gasteiger partial charge in [0.2, 0.25) is 0 Å². The first kappa shape index (κ1) is 14.6. The maximum absolute atomic E-state index is 3.42. The maximum Gasteiger partial charge on any atom is 0.0574 e. The first-order valence-electron chi connectivity index (χ1n) is 7.19. The second kappa shape index (κ2) is 6.58. The number of rotatable bonds is 5. The molecule has 0 aliphatic heterocycles. The van der Waals surface area contributed by atoms with Crippen molar-refractivity contribution in [1.29, 1.82) is 0 Å². The number of nitrogens with zero attached hydrogens (tertiary/aromatic N) is 1. The Morgan fingerprint density at radius 3 is 2.25 bits per heavy atom. The second-order valence-corrected chi connectivity index (χ2v) is 5.31. The van der Waals surface area contributed by atoms with Gasteiger partial charge in [0, 0.05) is 19.8 Å². The predicted molar refractivity (Wildman–Crippen MR) is 87.5 cm³/mol. The summed E-state index contributed by atoms with van der Waals surface area (Å²) >= 11 is 0. The van der Waals surface area contributed by atoms with Crippen molar-refractivity contribution in [3.05, 3.63) is 65.2 Å². The molecular formula is C18H24N2. The van der Waals surface area contributed by atoms with Crippen LogP contribution in [0, 0.1) is 0 Å². The highest BCUT2D eigenvalue weighted by Gasteiger charge is 2.12. The number of nitrogens with one attached hydrogen (secondary N) is 1. The second-order valence-electron chi connectivity index (χ2n) is 5.31. The minimum Gasteiger partial charge on any atom is -0.378 e. The summed E-state index contributed by atoms with van der Waals surface area (Å²) in [5, 5.41) is 3.42. The van der Waals surface area contributed by atoms with Crippen molar-refractivity contribution in [2.75, 3.05) is 26.0 Å². The van der Waals surface area contributed by atoms with Gasteiger partial charge < -0.3 is 10.2 Å². The molecule has 20 heavy (non-hydrogen) atoms. The summed E-state index contributed by atoms with van der Waals surface area (Å²) in [6.07, 6.45) is 1.07. The van der Waals surface area contributed by atoms with E-state index in [2.05, 4.69) is 79.8 Å². The van der Waals surface area contributed by atoms with Gasteiger partial charge in [0.15, 0.2) is 0 Å². The van der Waals surface area contributed by atoms with Crippen LogP contribution in [0.5, 0.6) is 0 Å². The van der Waals surface area contributed by atoms with E-state index in [9.17, 15) is 0 Å². The average Bonchev–Trinajstić information content (AvgIpc) is 2.49. The summed E-state index contributed by atoms with van der Waals surface area (Å²) in [7, 11) is 6.15. The summed E-state index contributed by atoms with van der Waals surface area (Å²) in [6.45, 7) is 2.19. The van der Waals surface area contributed by atoms with Crippen molar-refractivity contribution < 1.29 is 0 Å². The first-order valence-corrected chi connectivity index (χ1v) is 7.19. The smallest absolute Gasteiger partial charge is 0.0574 e. The summed E-state index contributed by atoms with van der Waals surface area (Å²) in [5.41, 5.74) is 5.23. The number of benzene rings is 2. The van der Waals surface area contributed by atoms with Crippen molar-refractivity contribution in [2.45, 2.75) is 19.4 Å². The van der Waals surface area contributed by atoms with Gasteiger partial charge in [0.1, 0.15) is 0 Å². The molecule has 0 saturated carbocycles. The Kier molecular flexibility index (Phi) is 4.80. The zero-order valence-electron chi connectivity index (χ0n) is 12.9. The zero-order chi connectivity index (χ0) is 14.5. The molecule has 0 amide bonds. The van der Waals surface area contributed by atoms with E-state index in [0.29, 0.717) is 0 Å². The Hall–Kier alpha value is -1.80. The number of anilines is 1. The Morgan fingerprint density at radius 2 is 1.70 bits per heavy atom. The van der Waals surface area contributed by atoms with Crippen LogP contribution >= 0.6 is 0 Å². The average molecular weight is 268 g/mol. The standard InChI is InChI=1S/C18H24N2/c1-5-14-7-6-8-16(13-14)18(19-2)15-9-11-17(12-10-15)20(3)4/h6-13,18-19H,5H2,1-4H3. The lowest BCUT2D eigenvalue weighted by Crippen LogP contribution is -2.18. The van der Waals surface area contributed by atoms with Crippen LogP contribution in [0.1, 0.15) is 29.7 Å². The quantitative estimate of drug-likeness (QED) is 0.891. The first-order chi connectivity index (χ1) is 9.65. The molecule has 0 aliphatic rings. The van der Waals surface area contributed by atoms with E-state index in [-0.39, 0.29) is 6.04 Å². The molecule has 0 saturated heterocycles. The number of hydrogen-bond acceptors (Lipinski definition) is 2. The zero-order valence-corrected chi connectivity index (χ0v) is 12.9. The fourth-order valence-electron chi connectivity index (χ4n) is 2.48. The number of aryl methyl sites for hydroxylation is 1. The van der Waals surface area contributed by atoms with Crippen molar-refractivity contribution in [1.82, 2.24) is 5.32 Å². The number of hydrogen-bond donors (Lipinski definition) is 1. The van der Waals surface area contributed by atoms with E-state index in [1.807, 2.05) is 7.05 Å². The van der Waals surface area contributed by atoms with Crippen LogP contribution in [-0.2, 0) is 6.42 Å². The highest BCUT2D eigenvalue weighted by molar-refractivity contribution is 5.47. The molecule has 0 spiro atoms. The van der Waals surface area contributed by atoms with Gasteiger partial charge in [-0.25, -0.2) is 0 Å². The molecule has 0 bridgehead atoms. The van der Waals surface area contributed by atoms with E-state index >= 15 is 0 Å². The van der Waals surface area contributed by atoms with Crippen LogP contribution in [0.3, 0.4) is 0 Å². The van der Waals surface area contributed by atoms with Gasteiger partial charge >= 0.3 is 0 Å². The fraction of sp³-hybridized carbons (Fsp3) is 0.333. The minimum atomic E-state index is 0.248. The lowest BCUT2D eigenvalue weighted by molar-refractivity contribution is 0.691. The highest BCUT2D eigenvalue weighted by Crippen LogP contribution is 2.24. The van der Waals surface area contributed by atoms with Crippen LogP contribution in [0.2, 0.25) is 0 Å². The molecule has 0 radical (unpaired) electrons. The van der Waals surface area contributed by atoms with Gasteiger partial charge in [0.25, 0.3) is 0 Å². The van der Waals surface area contributed by atoms with Crippen LogP contribution in [-0.4, -0.2) is 21.1 Å². The Balaban J connectivity index is 2.31. The molecule has 2 nitrogen and oxygen atoms in total. The molecule has 0 fully saturated rings. The summed E-state index contributed by atoms with van der Waals surface area (Å²) in [4.78, 5) is 2.12. The van der Waals surface area contributed by atoms with Gasteiger partial charge in [-0.15, -0.1) is 0 Å². The summed E-state index contributed by atoms with van der Waals surface area (Å²) in [6, 6.07) is 17.8. The van der Waals surface area contributed by atoms with Gasteiger partial charge in [-0.2, -0.15) is 0 Å². The SMILES string of the molecule is CCc1cccc(C(NC)c2ccc(N(C)C)cc2)c1. The van der Waals surface area contributed by atoms with Gasteiger partial charge in [-0.1, -0.05) is 43.3 Å². The topological polar surface area (TPSA) is 15.3 Å². The molecule has 2 aromatic rings. The van der Waals surface area contributed by atoms with E-state index in [1.165, 1.54) is 22.4 Å². The van der Waals surface area contributed by atoms with Gasteiger partial charge in [0.05, 0.1) is 6.04 Å². The molecule has 1 atom stereocenters. The third kappa shape index (κ3) is 3.20. The van der Waals surface area contributed by atoms with Crippen molar-refractivity contribution in [3.63, 3.8) is 0 Å².